The summed E-state index contributed by atoms with van der Waals surface area (Å²) in [4.78, 5) is 24.7. The van der Waals surface area contributed by atoms with E-state index in [0.29, 0.717) is 17.7 Å². The van der Waals surface area contributed by atoms with Gasteiger partial charge < -0.3 is 15.4 Å². The van der Waals surface area contributed by atoms with Crippen LogP contribution in [0.3, 0.4) is 0 Å². The average Bonchev–Trinajstić information content (AvgIpc) is 2.54. The van der Waals surface area contributed by atoms with Crippen molar-refractivity contribution in [1.29, 1.82) is 0 Å². The molecule has 0 unspecified atom stereocenters. The van der Waals surface area contributed by atoms with Gasteiger partial charge in [0.1, 0.15) is 11.4 Å². The lowest BCUT2D eigenvalue weighted by Gasteiger charge is -2.38. The van der Waals surface area contributed by atoms with Gasteiger partial charge in [-0.25, -0.2) is 9.18 Å². The number of ether oxygens (including phenoxy) is 1. The highest BCUT2D eigenvalue weighted by atomic mass is 19.1. The van der Waals surface area contributed by atoms with Gasteiger partial charge in [-0.1, -0.05) is 25.3 Å². The second-order valence-electron chi connectivity index (χ2n) is 8.11. The molecule has 1 aromatic rings. The first kappa shape index (κ1) is 20.2. The van der Waals surface area contributed by atoms with Crippen molar-refractivity contribution < 1.29 is 18.7 Å². The van der Waals surface area contributed by atoms with Crippen molar-refractivity contribution in [2.24, 2.45) is 0 Å². The van der Waals surface area contributed by atoms with Gasteiger partial charge in [-0.2, -0.15) is 0 Å². The first-order valence-corrected chi connectivity index (χ1v) is 9.16. The Balaban J connectivity index is 2.06. The van der Waals surface area contributed by atoms with Crippen molar-refractivity contribution in [1.82, 2.24) is 10.6 Å². The van der Waals surface area contributed by atoms with Gasteiger partial charge >= 0.3 is 6.09 Å². The Labute approximate surface area is 154 Å². The maximum atomic E-state index is 13.5. The van der Waals surface area contributed by atoms with E-state index in [0.717, 1.165) is 32.1 Å². The predicted octanol–water partition coefficient (Wildman–Crippen LogP) is 4.09. The largest absolute Gasteiger partial charge is 0.444 e. The Hall–Kier alpha value is -2.11. The highest BCUT2D eigenvalue weighted by Gasteiger charge is 2.35. The molecular formula is C20H29FN2O3. The minimum atomic E-state index is -0.581. The van der Waals surface area contributed by atoms with Crippen LogP contribution in [0.25, 0.3) is 0 Å². The van der Waals surface area contributed by atoms with Crippen molar-refractivity contribution in [2.45, 2.75) is 70.9 Å². The summed E-state index contributed by atoms with van der Waals surface area (Å²) in [7, 11) is 0. The predicted molar refractivity (Wildman–Crippen MR) is 98.7 cm³/mol. The third-order valence-electron chi connectivity index (χ3n) is 4.61. The fourth-order valence-corrected chi connectivity index (χ4v) is 3.28. The van der Waals surface area contributed by atoms with Crippen LogP contribution in [0, 0.1) is 12.7 Å². The molecule has 144 valence electrons. The highest BCUT2D eigenvalue weighted by Crippen LogP contribution is 2.28. The van der Waals surface area contributed by atoms with E-state index in [1.807, 2.05) is 20.8 Å². The lowest BCUT2D eigenvalue weighted by molar-refractivity contribution is 0.0419. The summed E-state index contributed by atoms with van der Waals surface area (Å²) < 4.78 is 18.8. The topological polar surface area (TPSA) is 67.4 Å². The third-order valence-corrected chi connectivity index (χ3v) is 4.61. The Morgan fingerprint density at radius 1 is 1.19 bits per heavy atom. The molecule has 2 rings (SSSR count). The Morgan fingerprint density at radius 2 is 1.85 bits per heavy atom. The minimum Gasteiger partial charge on any atom is -0.444 e. The zero-order valence-corrected chi connectivity index (χ0v) is 16.1. The smallest absolute Gasteiger partial charge is 0.408 e. The quantitative estimate of drug-likeness (QED) is 0.845. The summed E-state index contributed by atoms with van der Waals surface area (Å²) in [6.07, 6.45) is 4.13. The lowest BCUT2D eigenvalue weighted by Crippen LogP contribution is -2.57. The van der Waals surface area contributed by atoms with Crippen LogP contribution in [-0.4, -0.2) is 29.7 Å². The van der Waals surface area contributed by atoms with Crippen molar-refractivity contribution >= 4 is 12.0 Å². The van der Waals surface area contributed by atoms with Gasteiger partial charge in [0, 0.05) is 12.1 Å². The van der Waals surface area contributed by atoms with Gasteiger partial charge in [-0.3, -0.25) is 4.79 Å². The fourth-order valence-electron chi connectivity index (χ4n) is 3.28. The normalized spacial score (nSPS) is 16.7. The maximum Gasteiger partial charge on any atom is 0.408 e. The molecule has 5 nitrogen and oxygen atoms in total. The molecule has 1 aromatic carbocycles. The number of hydrogen-bond acceptors (Lipinski definition) is 3. The van der Waals surface area contributed by atoms with E-state index in [-0.39, 0.29) is 5.91 Å². The van der Waals surface area contributed by atoms with E-state index >= 15 is 0 Å². The van der Waals surface area contributed by atoms with E-state index in [9.17, 15) is 14.0 Å². The zero-order chi connectivity index (χ0) is 19.4. The number of aryl methyl sites for hydroxylation is 1. The molecule has 0 heterocycles. The number of carbonyl (C=O) groups is 2. The van der Waals surface area contributed by atoms with Crippen LogP contribution in [0.4, 0.5) is 9.18 Å². The van der Waals surface area contributed by atoms with Crippen LogP contribution < -0.4 is 10.6 Å². The molecule has 0 atom stereocenters. The number of halogens is 1. The van der Waals surface area contributed by atoms with Gasteiger partial charge in [0.25, 0.3) is 5.91 Å². The lowest BCUT2D eigenvalue weighted by atomic mass is 9.81. The Morgan fingerprint density at radius 3 is 2.46 bits per heavy atom. The molecule has 1 fully saturated rings. The molecule has 0 aromatic heterocycles. The van der Waals surface area contributed by atoms with Crippen molar-refractivity contribution in [3.8, 4) is 0 Å². The second kappa shape index (κ2) is 8.06. The zero-order valence-electron chi connectivity index (χ0n) is 16.1. The number of benzene rings is 1. The summed E-state index contributed by atoms with van der Waals surface area (Å²) in [5.74, 6) is -0.780. The minimum absolute atomic E-state index is 0.293. The molecule has 0 aliphatic heterocycles. The number of rotatable bonds is 4. The molecule has 0 saturated heterocycles. The van der Waals surface area contributed by atoms with Gasteiger partial charge in [0.2, 0.25) is 0 Å². The molecular weight excluding hydrogens is 335 g/mol. The average molecular weight is 364 g/mol. The van der Waals surface area contributed by atoms with Gasteiger partial charge in [0.15, 0.2) is 0 Å². The van der Waals surface area contributed by atoms with E-state index < -0.39 is 23.1 Å². The summed E-state index contributed by atoms with van der Waals surface area (Å²) in [6.45, 7) is 7.50. The molecule has 2 N–H and O–H groups in total. The Kier molecular flexibility index (Phi) is 6.26. The number of amides is 2. The molecule has 26 heavy (non-hydrogen) atoms. The molecule has 2 amide bonds. The molecule has 1 saturated carbocycles. The summed E-state index contributed by atoms with van der Waals surface area (Å²) in [6, 6.07) is 4.15. The van der Waals surface area contributed by atoms with Gasteiger partial charge in [-0.15, -0.1) is 0 Å². The van der Waals surface area contributed by atoms with E-state index in [4.69, 9.17) is 4.74 Å². The van der Waals surface area contributed by atoms with Crippen LogP contribution in [-0.2, 0) is 4.74 Å². The second-order valence-corrected chi connectivity index (χ2v) is 8.11. The number of nitrogens with one attached hydrogen (secondary N) is 2. The van der Waals surface area contributed by atoms with E-state index in [2.05, 4.69) is 10.6 Å². The van der Waals surface area contributed by atoms with E-state index in [1.165, 1.54) is 12.1 Å². The fraction of sp³-hybridized carbons (Fsp3) is 0.600. The number of hydrogen-bond donors (Lipinski definition) is 2. The molecule has 0 radical (unpaired) electrons. The SMILES string of the molecule is Cc1ccc(F)cc1C(=O)NCC1(NC(=O)OC(C)(C)C)CCCCC1. The van der Waals surface area contributed by atoms with Crippen LogP contribution >= 0.6 is 0 Å². The summed E-state index contributed by atoms with van der Waals surface area (Å²) in [5.41, 5.74) is -0.0887. The van der Waals surface area contributed by atoms with Crippen molar-refractivity contribution in [3.63, 3.8) is 0 Å². The van der Waals surface area contributed by atoms with Crippen LogP contribution in [0.5, 0.6) is 0 Å². The van der Waals surface area contributed by atoms with Crippen LogP contribution in [0.1, 0.15) is 68.8 Å². The summed E-state index contributed by atoms with van der Waals surface area (Å²) in [5, 5.41) is 5.84. The van der Waals surface area contributed by atoms with Crippen LogP contribution in [0.15, 0.2) is 18.2 Å². The molecule has 0 bridgehead atoms. The maximum absolute atomic E-state index is 13.5. The van der Waals surface area contributed by atoms with Crippen molar-refractivity contribution in [2.75, 3.05) is 6.54 Å². The number of carbonyl (C=O) groups excluding carboxylic acids is 2. The number of alkyl carbamates (subject to hydrolysis) is 1. The van der Waals surface area contributed by atoms with Gasteiger partial charge in [-0.05, 0) is 58.2 Å². The molecule has 1 aliphatic rings. The summed E-state index contributed by atoms with van der Waals surface area (Å²) >= 11 is 0. The highest BCUT2D eigenvalue weighted by molar-refractivity contribution is 5.95. The first-order chi connectivity index (χ1) is 12.1. The van der Waals surface area contributed by atoms with Gasteiger partial charge in [0.05, 0.1) is 5.54 Å². The van der Waals surface area contributed by atoms with Crippen LogP contribution in [0.2, 0.25) is 0 Å². The monoisotopic (exact) mass is 364 g/mol. The van der Waals surface area contributed by atoms with E-state index in [1.54, 1.807) is 13.0 Å². The molecule has 6 heteroatoms. The van der Waals surface area contributed by atoms with Crippen molar-refractivity contribution in [3.05, 3.63) is 35.1 Å². The molecule has 0 spiro atoms. The Bertz CT molecular complexity index is 662. The third kappa shape index (κ3) is 5.71. The standard InChI is InChI=1S/C20H29FN2O3/c1-14-8-9-15(21)12-16(14)17(24)22-13-20(10-6-5-7-11-20)23-18(25)26-19(2,3)4/h8-9,12H,5-7,10-11,13H2,1-4H3,(H,22,24)(H,23,25). The molecule has 1 aliphatic carbocycles. The first-order valence-electron chi connectivity index (χ1n) is 9.16.